The van der Waals surface area contributed by atoms with E-state index in [0.717, 1.165) is 42.9 Å². The van der Waals surface area contributed by atoms with Gasteiger partial charge in [0.1, 0.15) is 5.92 Å². The molecule has 1 heterocycles. The summed E-state index contributed by atoms with van der Waals surface area (Å²) in [6, 6.07) is 23.0. The predicted molar refractivity (Wildman–Crippen MR) is 148 cm³/mol. The van der Waals surface area contributed by atoms with E-state index in [0.29, 0.717) is 23.6 Å². The van der Waals surface area contributed by atoms with Crippen LogP contribution in [-0.2, 0) is 16.1 Å². The third kappa shape index (κ3) is 6.70. The van der Waals surface area contributed by atoms with Crippen LogP contribution >= 0.6 is 0 Å². The zero-order valence-corrected chi connectivity index (χ0v) is 21.7. The van der Waals surface area contributed by atoms with Gasteiger partial charge < -0.3 is 20.3 Å². The third-order valence-corrected chi connectivity index (χ3v) is 6.21. The van der Waals surface area contributed by atoms with Crippen molar-refractivity contribution in [2.75, 3.05) is 39.1 Å². The minimum atomic E-state index is -0.591. The minimum absolute atomic E-state index is 0.169. The highest BCUT2D eigenvalue weighted by molar-refractivity contribution is 6.24. The molecule has 1 aliphatic rings. The van der Waals surface area contributed by atoms with Gasteiger partial charge in [-0.25, -0.2) is 4.79 Å². The zero-order valence-electron chi connectivity index (χ0n) is 21.7. The number of nitrogens with one attached hydrogen (secondary N) is 2. The minimum Gasteiger partial charge on any atom is -0.462 e. The standard InChI is InChI=1S/C30H34N4O3/c1-4-37-30(36)23-13-16-25-26(19-23)33-29(35)27(25)28(22-9-6-5-7-10-22)32-24-14-11-21(12-15-24)20-31-17-8-18-34(2)3/h5-7,9-16,19,27,31H,4,8,17-18,20H2,1-3H3,(H,33,35). The van der Waals surface area contributed by atoms with Gasteiger partial charge in [0, 0.05) is 12.2 Å². The highest BCUT2D eigenvalue weighted by Gasteiger charge is 2.36. The third-order valence-electron chi connectivity index (χ3n) is 6.21. The number of benzene rings is 3. The lowest BCUT2D eigenvalue weighted by Crippen LogP contribution is -2.22. The molecule has 1 aliphatic heterocycles. The molecule has 0 fully saturated rings. The Morgan fingerprint density at radius 2 is 1.78 bits per heavy atom. The summed E-state index contributed by atoms with van der Waals surface area (Å²) >= 11 is 0. The van der Waals surface area contributed by atoms with Crippen LogP contribution in [0.25, 0.3) is 0 Å². The molecule has 192 valence electrons. The molecular formula is C30H34N4O3. The molecule has 0 radical (unpaired) electrons. The van der Waals surface area contributed by atoms with Gasteiger partial charge in [0.05, 0.1) is 23.6 Å². The van der Waals surface area contributed by atoms with E-state index in [1.165, 1.54) is 5.56 Å². The molecule has 3 aromatic rings. The molecule has 0 aromatic heterocycles. The van der Waals surface area contributed by atoms with Gasteiger partial charge in [-0.05, 0) is 81.5 Å². The Morgan fingerprint density at radius 1 is 1.03 bits per heavy atom. The van der Waals surface area contributed by atoms with Crippen molar-refractivity contribution in [2.24, 2.45) is 4.99 Å². The number of carbonyl (C=O) groups excluding carboxylic acids is 2. The van der Waals surface area contributed by atoms with Gasteiger partial charge in [0.25, 0.3) is 0 Å². The van der Waals surface area contributed by atoms with E-state index in [9.17, 15) is 9.59 Å². The van der Waals surface area contributed by atoms with E-state index in [1.54, 1.807) is 19.1 Å². The summed E-state index contributed by atoms with van der Waals surface area (Å²) in [6.45, 7) is 4.88. The van der Waals surface area contributed by atoms with Crippen LogP contribution in [0.15, 0.2) is 77.8 Å². The number of anilines is 1. The molecule has 0 saturated heterocycles. The molecule has 3 aromatic carbocycles. The quantitative estimate of drug-likeness (QED) is 0.226. The van der Waals surface area contributed by atoms with Crippen molar-refractivity contribution in [3.05, 3.63) is 95.1 Å². The van der Waals surface area contributed by atoms with E-state index in [1.807, 2.05) is 48.5 Å². The fourth-order valence-electron chi connectivity index (χ4n) is 4.36. The van der Waals surface area contributed by atoms with Crippen LogP contribution in [0.1, 0.15) is 46.3 Å². The number of hydrogen-bond donors (Lipinski definition) is 2. The molecule has 0 bridgehead atoms. The second kappa shape index (κ2) is 12.4. The normalized spacial score (nSPS) is 15.0. The number of carbonyl (C=O) groups is 2. The molecule has 4 rings (SSSR count). The van der Waals surface area contributed by atoms with Crippen LogP contribution < -0.4 is 10.6 Å². The summed E-state index contributed by atoms with van der Waals surface area (Å²) in [7, 11) is 4.16. The Balaban J connectivity index is 1.58. The number of hydrogen-bond acceptors (Lipinski definition) is 6. The summed E-state index contributed by atoms with van der Waals surface area (Å²) in [4.78, 5) is 32.5. The van der Waals surface area contributed by atoms with Gasteiger partial charge in [-0.15, -0.1) is 0 Å². The highest BCUT2D eigenvalue weighted by atomic mass is 16.5. The lowest BCUT2D eigenvalue weighted by atomic mass is 9.90. The van der Waals surface area contributed by atoms with E-state index in [2.05, 4.69) is 41.8 Å². The molecule has 37 heavy (non-hydrogen) atoms. The highest BCUT2D eigenvalue weighted by Crippen LogP contribution is 2.37. The second-order valence-electron chi connectivity index (χ2n) is 9.31. The molecule has 1 atom stereocenters. The van der Waals surface area contributed by atoms with E-state index in [4.69, 9.17) is 9.73 Å². The number of aliphatic imine (C=N–C) groups is 1. The molecule has 1 amide bonds. The summed E-state index contributed by atoms with van der Waals surface area (Å²) in [5, 5.41) is 6.41. The lowest BCUT2D eigenvalue weighted by Gasteiger charge is -2.14. The molecule has 0 aliphatic carbocycles. The second-order valence-corrected chi connectivity index (χ2v) is 9.31. The Bertz CT molecular complexity index is 1250. The van der Waals surface area contributed by atoms with Gasteiger partial charge in [-0.3, -0.25) is 9.79 Å². The maximum atomic E-state index is 13.2. The van der Waals surface area contributed by atoms with Crippen molar-refractivity contribution in [1.29, 1.82) is 0 Å². The van der Waals surface area contributed by atoms with Crippen molar-refractivity contribution < 1.29 is 14.3 Å². The van der Waals surface area contributed by atoms with Crippen molar-refractivity contribution in [3.63, 3.8) is 0 Å². The summed E-state index contributed by atoms with van der Waals surface area (Å²) in [5.74, 6) is -1.17. The van der Waals surface area contributed by atoms with Crippen LogP contribution in [-0.4, -0.2) is 56.3 Å². The lowest BCUT2D eigenvalue weighted by molar-refractivity contribution is -0.115. The number of rotatable bonds is 11. The maximum Gasteiger partial charge on any atom is 0.338 e. The number of esters is 1. The van der Waals surface area contributed by atoms with Crippen LogP contribution in [0.4, 0.5) is 11.4 Å². The Hall–Kier alpha value is -3.81. The van der Waals surface area contributed by atoms with Crippen molar-refractivity contribution in [2.45, 2.75) is 25.8 Å². The number of fused-ring (bicyclic) bond motifs is 1. The molecule has 2 N–H and O–H groups in total. The Morgan fingerprint density at radius 3 is 2.49 bits per heavy atom. The van der Waals surface area contributed by atoms with Crippen LogP contribution in [0.2, 0.25) is 0 Å². The van der Waals surface area contributed by atoms with Gasteiger partial charge in [0.15, 0.2) is 0 Å². The smallest absolute Gasteiger partial charge is 0.338 e. The zero-order chi connectivity index (χ0) is 26.2. The number of ether oxygens (including phenoxy) is 1. The fraction of sp³-hybridized carbons (Fsp3) is 0.300. The maximum absolute atomic E-state index is 13.2. The molecule has 0 saturated carbocycles. The first-order chi connectivity index (χ1) is 18.0. The van der Waals surface area contributed by atoms with E-state index >= 15 is 0 Å². The van der Waals surface area contributed by atoms with Crippen molar-refractivity contribution in [1.82, 2.24) is 10.2 Å². The monoisotopic (exact) mass is 498 g/mol. The van der Waals surface area contributed by atoms with Gasteiger partial charge in [-0.2, -0.15) is 0 Å². The van der Waals surface area contributed by atoms with Crippen molar-refractivity contribution in [3.8, 4) is 0 Å². The van der Waals surface area contributed by atoms with E-state index < -0.39 is 11.9 Å². The van der Waals surface area contributed by atoms with Crippen LogP contribution in [0.5, 0.6) is 0 Å². The molecular weight excluding hydrogens is 464 g/mol. The van der Waals surface area contributed by atoms with Crippen molar-refractivity contribution >= 4 is 29.0 Å². The van der Waals surface area contributed by atoms with E-state index in [-0.39, 0.29) is 5.91 Å². The van der Waals surface area contributed by atoms with Gasteiger partial charge in [-0.1, -0.05) is 48.5 Å². The first-order valence-electron chi connectivity index (χ1n) is 12.7. The summed E-state index contributed by atoms with van der Waals surface area (Å²) in [5.41, 5.74) is 5.30. The topological polar surface area (TPSA) is 83.0 Å². The molecule has 0 spiro atoms. The van der Waals surface area contributed by atoms with Crippen LogP contribution in [0.3, 0.4) is 0 Å². The first-order valence-corrected chi connectivity index (χ1v) is 12.7. The molecule has 1 unspecified atom stereocenters. The van der Waals surface area contributed by atoms with Gasteiger partial charge >= 0.3 is 5.97 Å². The molecule has 7 nitrogen and oxygen atoms in total. The Kier molecular flexibility index (Phi) is 8.82. The average Bonchev–Trinajstić information content (AvgIpc) is 3.23. The molecule has 7 heteroatoms. The SMILES string of the molecule is CCOC(=O)c1ccc2c(c1)NC(=O)C2C(=Nc1ccc(CNCCCN(C)C)cc1)c1ccccc1. The van der Waals surface area contributed by atoms with Gasteiger partial charge in [0.2, 0.25) is 5.91 Å². The Labute approximate surface area is 218 Å². The van der Waals surface area contributed by atoms with Crippen LogP contribution in [0, 0.1) is 0 Å². The summed E-state index contributed by atoms with van der Waals surface area (Å²) in [6.07, 6.45) is 1.10. The number of nitrogens with zero attached hydrogens (tertiary/aromatic N) is 2. The first kappa shape index (κ1) is 26.3. The predicted octanol–water partition coefficient (Wildman–Crippen LogP) is 4.76. The summed E-state index contributed by atoms with van der Waals surface area (Å²) < 4.78 is 5.11. The fourth-order valence-corrected chi connectivity index (χ4v) is 4.36. The largest absolute Gasteiger partial charge is 0.462 e. The average molecular weight is 499 g/mol. The number of amides is 1.